The molecule has 2 N–H and O–H groups in total. The molecule has 0 heterocycles. The van der Waals surface area contributed by atoms with Crippen LogP contribution in [-0.2, 0) is 6.54 Å². The minimum absolute atomic E-state index is 0.787. The number of nitrogens with two attached hydrogens (primary N) is 1. The molecule has 0 amide bonds. The predicted octanol–water partition coefficient (Wildman–Crippen LogP) is 5.76. The summed E-state index contributed by atoms with van der Waals surface area (Å²) in [6.07, 6.45) is 12.7. The maximum Gasteiger partial charge on any atom is 0.0239 e. The van der Waals surface area contributed by atoms with E-state index in [1.807, 2.05) is 0 Å². The van der Waals surface area contributed by atoms with Crippen molar-refractivity contribution in [2.45, 2.75) is 85.1 Å². The van der Waals surface area contributed by atoms with Gasteiger partial charge in [-0.2, -0.15) is 0 Å². The molecule has 2 aliphatic rings. The number of hydrogen-bond acceptors (Lipinski definition) is 2. The molecular weight excluding hydrogens is 328 g/mol. The van der Waals surface area contributed by atoms with Gasteiger partial charge in [0.05, 0.1) is 0 Å². The minimum atomic E-state index is 0.787. The third-order valence-electron chi connectivity index (χ3n) is 7.28. The normalized spacial score (nSPS) is 24.5. The zero-order valence-corrected chi connectivity index (χ0v) is 18.1. The highest BCUT2D eigenvalue weighted by Crippen LogP contribution is 2.31. The van der Waals surface area contributed by atoms with Gasteiger partial charge in [-0.05, 0) is 100 Å². The zero-order valence-electron chi connectivity index (χ0n) is 18.1. The van der Waals surface area contributed by atoms with Crippen LogP contribution in [-0.4, -0.2) is 24.5 Å². The molecule has 0 atom stereocenters. The van der Waals surface area contributed by atoms with Crippen molar-refractivity contribution in [2.24, 2.45) is 23.5 Å². The molecular formula is C25H42N2. The predicted molar refractivity (Wildman–Crippen MR) is 117 cm³/mol. The summed E-state index contributed by atoms with van der Waals surface area (Å²) in [4.78, 5) is 2.83. The average molecular weight is 371 g/mol. The molecule has 2 nitrogen and oxygen atoms in total. The van der Waals surface area contributed by atoms with Crippen molar-refractivity contribution in [3.05, 3.63) is 34.4 Å². The average Bonchev–Trinajstić information content (AvgIpc) is 2.66. The summed E-state index contributed by atoms with van der Waals surface area (Å²) in [7, 11) is 0. The molecule has 0 unspecified atom stereocenters. The fourth-order valence-electron chi connectivity index (χ4n) is 5.64. The van der Waals surface area contributed by atoms with Gasteiger partial charge < -0.3 is 5.73 Å². The largest absolute Gasteiger partial charge is 0.330 e. The SMILES string of the molecule is Cc1cc(C)c(CN(CC2CCCCC2)CC2CCC(CN)CC2)c(C)c1. The standard InChI is InChI=1S/C25H42N2/c1-19-13-20(2)25(21(3)14-19)18-27(16-23-7-5-4-6-8-23)17-24-11-9-22(15-26)10-12-24/h13-14,22-24H,4-12,15-18,26H2,1-3H3. The van der Waals surface area contributed by atoms with E-state index in [0.29, 0.717) is 0 Å². The molecule has 0 bridgehead atoms. The third kappa shape index (κ3) is 6.06. The van der Waals surface area contributed by atoms with E-state index in [1.54, 1.807) is 5.56 Å². The van der Waals surface area contributed by atoms with Crippen LogP contribution in [0.1, 0.15) is 80.0 Å². The summed E-state index contributed by atoms with van der Waals surface area (Å²) in [6, 6.07) is 4.74. The second-order valence-corrected chi connectivity index (χ2v) is 9.70. The van der Waals surface area contributed by atoms with Crippen molar-refractivity contribution in [1.82, 2.24) is 4.90 Å². The monoisotopic (exact) mass is 370 g/mol. The maximum absolute atomic E-state index is 5.91. The van der Waals surface area contributed by atoms with E-state index in [-0.39, 0.29) is 0 Å². The van der Waals surface area contributed by atoms with Crippen molar-refractivity contribution >= 4 is 0 Å². The van der Waals surface area contributed by atoms with Crippen molar-refractivity contribution in [3.63, 3.8) is 0 Å². The smallest absolute Gasteiger partial charge is 0.0239 e. The highest BCUT2D eigenvalue weighted by molar-refractivity contribution is 5.37. The van der Waals surface area contributed by atoms with E-state index in [9.17, 15) is 0 Å². The van der Waals surface area contributed by atoms with Crippen LogP contribution in [0.25, 0.3) is 0 Å². The first-order valence-corrected chi connectivity index (χ1v) is 11.5. The summed E-state index contributed by atoms with van der Waals surface area (Å²) in [6.45, 7) is 11.5. The molecule has 2 heteroatoms. The van der Waals surface area contributed by atoms with Crippen LogP contribution in [0.5, 0.6) is 0 Å². The maximum atomic E-state index is 5.91. The molecule has 27 heavy (non-hydrogen) atoms. The van der Waals surface area contributed by atoms with Crippen molar-refractivity contribution in [2.75, 3.05) is 19.6 Å². The quantitative estimate of drug-likeness (QED) is 0.661. The minimum Gasteiger partial charge on any atom is -0.330 e. The Morgan fingerprint density at radius 3 is 1.85 bits per heavy atom. The third-order valence-corrected chi connectivity index (χ3v) is 7.28. The van der Waals surface area contributed by atoms with Gasteiger partial charge in [-0.3, -0.25) is 4.90 Å². The van der Waals surface area contributed by atoms with E-state index < -0.39 is 0 Å². The Labute approximate surface area is 167 Å². The molecule has 152 valence electrons. The fraction of sp³-hybridized carbons (Fsp3) is 0.760. The Bertz CT molecular complexity index is 557. The van der Waals surface area contributed by atoms with E-state index >= 15 is 0 Å². The van der Waals surface area contributed by atoms with Gasteiger partial charge in [0.25, 0.3) is 0 Å². The molecule has 0 aliphatic heterocycles. The number of aryl methyl sites for hydroxylation is 3. The van der Waals surface area contributed by atoms with E-state index in [2.05, 4.69) is 37.8 Å². The Morgan fingerprint density at radius 2 is 1.30 bits per heavy atom. The number of nitrogens with zero attached hydrogens (tertiary/aromatic N) is 1. The van der Waals surface area contributed by atoms with Gasteiger partial charge >= 0.3 is 0 Å². The molecule has 3 rings (SSSR count). The van der Waals surface area contributed by atoms with Crippen LogP contribution < -0.4 is 5.73 Å². The van der Waals surface area contributed by atoms with Gasteiger partial charge in [-0.1, -0.05) is 37.0 Å². The second-order valence-electron chi connectivity index (χ2n) is 9.70. The van der Waals surface area contributed by atoms with Gasteiger partial charge in [0, 0.05) is 19.6 Å². The molecule has 0 radical (unpaired) electrons. The van der Waals surface area contributed by atoms with Gasteiger partial charge in [0.2, 0.25) is 0 Å². The topological polar surface area (TPSA) is 29.3 Å². The lowest BCUT2D eigenvalue weighted by molar-refractivity contribution is 0.143. The van der Waals surface area contributed by atoms with Crippen LogP contribution >= 0.6 is 0 Å². The molecule has 1 aromatic rings. The summed E-state index contributed by atoms with van der Waals surface area (Å²) >= 11 is 0. The van der Waals surface area contributed by atoms with Crippen LogP contribution in [0.3, 0.4) is 0 Å². The van der Waals surface area contributed by atoms with Crippen molar-refractivity contribution in [1.29, 1.82) is 0 Å². The van der Waals surface area contributed by atoms with Crippen LogP contribution in [0, 0.1) is 38.5 Å². The summed E-state index contributed by atoms with van der Waals surface area (Å²) in [5, 5.41) is 0. The van der Waals surface area contributed by atoms with Gasteiger partial charge in [0.1, 0.15) is 0 Å². The Balaban J connectivity index is 1.67. The molecule has 2 aliphatic carbocycles. The zero-order chi connectivity index (χ0) is 19.2. The first-order chi connectivity index (χ1) is 13.0. The molecule has 0 saturated heterocycles. The first-order valence-electron chi connectivity index (χ1n) is 11.5. The van der Waals surface area contributed by atoms with E-state index in [4.69, 9.17) is 5.73 Å². The summed E-state index contributed by atoms with van der Waals surface area (Å²) in [5.74, 6) is 2.59. The second kappa shape index (κ2) is 10.1. The Hall–Kier alpha value is -0.860. The highest BCUT2D eigenvalue weighted by Gasteiger charge is 2.25. The van der Waals surface area contributed by atoms with Gasteiger partial charge in [-0.15, -0.1) is 0 Å². The van der Waals surface area contributed by atoms with E-state index in [1.165, 1.54) is 87.6 Å². The van der Waals surface area contributed by atoms with Crippen molar-refractivity contribution in [3.8, 4) is 0 Å². The van der Waals surface area contributed by atoms with Crippen molar-refractivity contribution < 1.29 is 0 Å². The lowest BCUT2D eigenvalue weighted by Crippen LogP contribution is -2.36. The summed E-state index contributed by atoms with van der Waals surface area (Å²) < 4.78 is 0. The first kappa shape index (κ1) is 20.9. The molecule has 0 spiro atoms. The number of hydrogen-bond donors (Lipinski definition) is 1. The van der Waals surface area contributed by atoms with Crippen LogP contribution in [0.2, 0.25) is 0 Å². The van der Waals surface area contributed by atoms with E-state index in [0.717, 1.165) is 30.8 Å². The lowest BCUT2D eigenvalue weighted by atomic mass is 9.81. The van der Waals surface area contributed by atoms with Gasteiger partial charge in [0.15, 0.2) is 0 Å². The summed E-state index contributed by atoms with van der Waals surface area (Å²) in [5.41, 5.74) is 11.8. The Kier molecular flexibility index (Phi) is 7.78. The number of rotatable bonds is 7. The van der Waals surface area contributed by atoms with Gasteiger partial charge in [-0.25, -0.2) is 0 Å². The molecule has 1 aromatic carbocycles. The Morgan fingerprint density at radius 1 is 0.778 bits per heavy atom. The number of benzene rings is 1. The van der Waals surface area contributed by atoms with Crippen LogP contribution in [0.4, 0.5) is 0 Å². The van der Waals surface area contributed by atoms with Crippen LogP contribution in [0.15, 0.2) is 12.1 Å². The lowest BCUT2D eigenvalue weighted by Gasteiger charge is -2.35. The molecule has 2 fully saturated rings. The fourth-order valence-corrected chi connectivity index (χ4v) is 5.64. The highest BCUT2D eigenvalue weighted by atomic mass is 15.1. The molecule has 2 saturated carbocycles. The molecule has 0 aromatic heterocycles.